The van der Waals surface area contributed by atoms with E-state index in [0.717, 1.165) is 31.6 Å². The number of aromatic nitrogens is 2. The lowest BCUT2D eigenvalue weighted by Gasteiger charge is -2.26. The quantitative estimate of drug-likeness (QED) is 0.855. The van der Waals surface area contributed by atoms with Gasteiger partial charge in [0, 0.05) is 25.7 Å². The van der Waals surface area contributed by atoms with E-state index >= 15 is 0 Å². The molecular weight excluding hydrogens is 250 g/mol. The molecule has 0 radical (unpaired) electrons. The Bertz CT molecular complexity index is 576. The number of hydrogen-bond acceptors (Lipinski definition) is 2. The minimum atomic E-state index is 0.267. The fraction of sp³-hybridized carbons (Fsp3) is 0.375. The van der Waals surface area contributed by atoms with Gasteiger partial charge in [-0.2, -0.15) is 0 Å². The second kappa shape index (κ2) is 5.90. The largest absolute Gasteiger partial charge is 0.337 e. The first kappa shape index (κ1) is 12.9. The Kier molecular flexibility index (Phi) is 3.81. The summed E-state index contributed by atoms with van der Waals surface area (Å²) in [6.07, 6.45) is 6.53. The number of nitrogens with zero attached hydrogens (tertiary/aromatic N) is 3. The summed E-state index contributed by atoms with van der Waals surface area (Å²) in [5.74, 6) is 0.267. The number of benzene rings is 1. The number of carbonyl (C=O) groups is 1. The molecule has 104 valence electrons. The van der Waals surface area contributed by atoms with Crippen LogP contribution in [0.3, 0.4) is 0 Å². The molecule has 1 amide bonds. The molecule has 20 heavy (non-hydrogen) atoms. The first-order valence-electron chi connectivity index (χ1n) is 7.13. The van der Waals surface area contributed by atoms with Crippen LogP contribution in [0.1, 0.15) is 30.5 Å². The number of carbonyl (C=O) groups excluding carboxylic acids is 1. The maximum Gasteiger partial charge on any atom is 0.222 e. The second-order valence-corrected chi connectivity index (χ2v) is 5.27. The fourth-order valence-corrected chi connectivity index (χ4v) is 2.63. The van der Waals surface area contributed by atoms with Gasteiger partial charge in [0.25, 0.3) is 0 Å². The van der Waals surface area contributed by atoms with Crippen LogP contribution in [0.2, 0.25) is 0 Å². The van der Waals surface area contributed by atoms with Crippen LogP contribution in [0.15, 0.2) is 42.9 Å². The number of hydrogen-bond donors (Lipinski definition) is 0. The van der Waals surface area contributed by atoms with Crippen molar-refractivity contribution in [2.24, 2.45) is 0 Å². The molecule has 1 fully saturated rings. The van der Waals surface area contributed by atoms with E-state index in [0.29, 0.717) is 13.0 Å². The number of piperidine rings is 1. The molecule has 0 N–H and O–H groups in total. The van der Waals surface area contributed by atoms with Gasteiger partial charge in [-0.05, 0) is 18.4 Å². The van der Waals surface area contributed by atoms with Crippen LogP contribution in [-0.4, -0.2) is 26.9 Å². The number of likely N-dealkylation sites (tertiary alicyclic amines) is 1. The topological polar surface area (TPSA) is 38.1 Å². The Morgan fingerprint density at radius 2 is 1.95 bits per heavy atom. The van der Waals surface area contributed by atoms with Crippen LogP contribution in [0, 0.1) is 0 Å². The van der Waals surface area contributed by atoms with Gasteiger partial charge < -0.3 is 9.47 Å². The number of amides is 1. The van der Waals surface area contributed by atoms with Gasteiger partial charge >= 0.3 is 0 Å². The van der Waals surface area contributed by atoms with Gasteiger partial charge in [-0.25, -0.2) is 4.98 Å². The van der Waals surface area contributed by atoms with Crippen molar-refractivity contribution in [2.45, 2.75) is 32.4 Å². The third-order valence-electron chi connectivity index (χ3n) is 3.77. The van der Waals surface area contributed by atoms with Gasteiger partial charge in [0.1, 0.15) is 0 Å². The molecule has 0 spiro atoms. The molecule has 4 heteroatoms. The molecule has 1 aliphatic rings. The van der Waals surface area contributed by atoms with Crippen LogP contribution in [0.5, 0.6) is 0 Å². The molecule has 1 aromatic heterocycles. The first-order valence-corrected chi connectivity index (χ1v) is 7.13. The Morgan fingerprint density at radius 3 is 2.75 bits per heavy atom. The van der Waals surface area contributed by atoms with E-state index in [1.54, 1.807) is 0 Å². The van der Waals surface area contributed by atoms with Gasteiger partial charge in [-0.1, -0.05) is 30.3 Å². The summed E-state index contributed by atoms with van der Waals surface area (Å²) in [5, 5.41) is 0. The van der Waals surface area contributed by atoms with Crippen molar-refractivity contribution in [3.05, 3.63) is 54.1 Å². The lowest BCUT2D eigenvalue weighted by Crippen LogP contribution is -2.35. The van der Waals surface area contributed by atoms with Crippen molar-refractivity contribution in [3.8, 4) is 0 Å². The molecule has 1 aliphatic heterocycles. The molecule has 3 rings (SSSR count). The average molecular weight is 269 g/mol. The summed E-state index contributed by atoms with van der Waals surface area (Å²) < 4.78 is 2.12. The lowest BCUT2D eigenvalue weighted by molar-refractivity contribution is -0.133. The second-order valence-electron chi connectivity index (χ2n) is 5.27. The van der Waals surface area contributed by atoms with E-state index in [4.69, 9.17) is 0 Å². The molecule has 0 saturated carbocycles. The van der Waals surface area contributed by atoms with Crippen LogP contribution in [0.25, 0.3) is 0 Å². The van der Waals surface area contributed by atoms with E-state index in [1.807, 2.05) is 35.6 Å². The molecule has 1 saturated heterocycles. The van der Waals surface area contributed by atoms with Crippen molar-refractivity contribution in [1.82, 2.24) is 14.5 Å². The SMILES string of the molecule is O=C1CCCCN1Cc1cncn1Cc1ccccc1. The van der Waals surface area contributed by atoms with Gasteiger partial charge in [0.2, 0.25) is 5.91 Å². The molecule has 0 bridgehead atoms. The van der Waals surface area contributed by atoms with Crippen LogP contribution in [0.4, 0.5) is 0 Å². The fourth-order valence-electron chi connectivity index (χ4n) is 2.63. The minimum Gasteiger partial charge on any atom is -0.337 e. The van der Waals surface area contributed by atoms with E-state index in [-0.39, 0.29) is 5.91 Å². The summed E-state index contributed by atoms with van der Waals surface area (Å²) in [7, 11) is 0. The minimum absolute atomic E-state index is 0.267. The molecular formula is C16H19N3O. The summed E-state index contributed by atoms with van der Waals surface area (Å²) >= 11 is 0. The third-order valence-corrected chi connectivity index (χ3v) is 3.77. The van der Waals surface area contributed by atoms with E-state index in [9.17, 15) is 4.79 Å². The third kappa shape index (κ3) is 2.90. The van der Waals surface area contributed by atoms with Crippen molar-refractivity contribution in [1.29, 1.82) is 0 Å². The molecule has 0 aliphatic carbocycles. The highest BCUT2D eigenvalue weighted by atomic mass is 16.2. The zero-order chi connectivity index (χ0) is 13.8. The lowest BCUT2D eigenvalue weighted by atomic mass is 10.1. The number of rotatable bonds is 4. The Morgan fingerprint density at radius 1 is 1.10 bits per heavy atom. The Labute approximate surface area is 119 Å². The highest BCUT2D eigenvalue weighted by Crippen LogP contribution is 2.15. The van der Waals surface area contributed by atoms with E-state index in [1.165, 1.54) is 5.56 Å². The molecule has 0 unspecified atom stereocenters. The zero-order valence-corrected chi connectivity index (χ0v) is 11.5. The predicted octanol–water partition coefficient (Wildman–Crippen LogP) is 2.44. The highest BCUT2D eigenvalue weighted by Gasteiger charge is 2.19. The zero-order valence-electron chi connectivity index (χ0n) is 11.5. The molecule has 2 aromatic rings. The smallest absolute Gasteiger partial charge is 0.222 e. The molecule has 1 aromatic carbocycles. The van der Waals surface area contributed by atoms with Crippen LogP contribution >= 0.6 is 0 Å². The summed E-state index contributed by atoms with van der Waals surface area (Å²) in [6, 6.07) is 10.3. The van der Waals surface area contributed by atoms with Crippen LogP contribution < -0.4 is 0 Å². The van der Waals surface area contributed by atoms with Gasteiger partial charge in [-0.15, -0.1) is 0 Å². The van der Waals surface area contributed by atoms with Crippen LogP contribution in [-0.2, 0) is 17.9 Å². The molecule has 0 atom stereocenters. The van der Waals surface area contributed by atoms with Crippen molar-refractivity contribution >= 4 is 5.91 Å². The Hall–Kier alpha value is -2.10. The van der Waals surface area contributed by atoms with Gasteiger partial charge in [0.15, 0.2) is 0 Å². The van der Waals surface area contributed by atoms with Crippen molar-refractivity contribution in [2.75, 3.05) is 6.54 Å². The first-order chi connectivity index (χ1) is 9.83. The maximum atomic E-state index is 11.9. The maximum absolute atomic E-state index is 11.9. The molecule has 4 nitrogen and oxygen atoms in total. The summed E-state index contributed by atoms with van der Waals surface area (Å²) in [6.45, 7) is 2.35. The predicted molar refractivity (Wildman–Crippen MR) is 77.0 cm³/mol. The van der Waals surface area contributed by atoms with Gasteiger partial charge in [-0.3, -0.25) is 4.79 Å². The number of imidazole rings is 1. The monoisotopic (exact) mass is 269 g/mol. The van der Waals surface area contributed by atoms with E-state index in [2.05, 4.69) is 21.7 Å². The standard InChI is InChI=1S/C16H19N3O/c20-16-8-4-5-9-18(16)12-15-10-17-13-19(15)11-14-6-2-1-3-7-14/h1-3,6-7,10,13H,4-5,8-9,11-12H2. The summed E-state index contributed by atoms with van der Waals surface area (Å²) in [4.78, 5) is 18.1. The van der Waals surface area contributed by atoms with Crippen molar-refractivity contribution < 1.29 is 4.79 Å². The molecule has 2 heterocycles. The highest BCUT2D eigenvalue weighted by molar-refractivity contribution is 5.76. The Balaban J connectivity index is 1.71. The van der Waals surface area contributed by atoms with Crippen molar-refractivity contribution in [3.63, 3.8) is 0 Å². The summed E-state index contributed by atoms with van der Waals surface area (Å²) in [5.41, 5.74) is 2.35. The average Bonchev–Trinajstić information content (AvgIpc) is 2.90. The van der Waals surface area contributed by atoms with E-state index < -0.39 is 0 Å². The normalized spacial score (nSPS) is 15.6. The van der Waals surface area contributed by atoms with Gasteiger partial charge in [0.05, 0.1) is 18.6 Å².